The Morgan fingerprint density at radius 3 is 2.65 bits per heavy atom. The molecule has 0 aliphatic carbocycles. The fourth-order valence-electron chi connectivity index (χ4n) is 2.09. The Morgan fingerprint density at radius 1 is 1.41 bits per heavy atom. The molecule has 0 saturated heterocycles. The lowest BCUT2D eigenvalue weighted by Gasteiger charge is -2.30. The molecule has 0 heterocycles. The third-order valence-electron chi connectivity index (χ3n) is 2.75. The van der Waals surface area contributed by atoms with Crippen LogP contribution in [0.3, 0.4) is 0 Å². The van der Waals surface area contributed by atoms with E-state index in [1.54, 1.807) is 0 Å². The second kappa shape index (κ2) is 5.99. The lowest BCUT2D eigenvalue weighted by Crippen LogP contribution is -2.43. The van der Waals surface area contributed by atoms with Crippen LogP contribution in [0.4, 0.5) is 0 Å². The number of hydrogen-bond donors (Lipinski definition) is 1. The van der Waals surface area contributed by atoms with Gasteiger partial charge in [-0.15, -0.1) is 0 Å². The summed E-state index contributed by atoms with van der Waals surface area (Å²) >= 11 is 0. The van der Waals surface area contributed by atoms with Crippen LogP contribution in [-0.4, -0.2) is 12.3 Å². The summed E-state index contributed by atoms with van der Waals surface area (Å²) in [5, 5.41) is 3.48. The van der Waals surface area contributed by atoms with E-state index >= 15 is 0 Å². The molecule has 2 heteroatoms. The van der Waals surface area contributed by atoms with Gasteiger partial charge in [0, 0.05) is 12.6 Å². The summed E-state index contributed by atoms with van der Waals surface area (Å²) in [5.41, 5.74) is 2.10. The molecule has 0 spiro atoms. The van der Waals surface area contributed by atoms with Crippen molar-refractivity contribution in [3.05, 3.63) is 42.0 Å². The van der Waals surface area contributed by atoms with Crippen molar-refractivity contribution in [1.82, 2.24) is 5.32 Å². The van der Waals surface area contributed by atoms with E-state index in [2.05, 4.69) is 31.0 Å². The lowest BCUT2D eigenvalue weighted by molar-refractivity contribution is -0.0433. The molecule has 1 unspecified atom stereocenters. The predicted molar refractivity (Wildman–Crippen MR) is 73.8 cm³/mol. The zero-order chi connectivity index (χ0) is 12.9. The standard InChI is InChI=1S/C15H23NO/c1-6-13-10-8-9-11-14(13)12(3)16-15(4,5)17-7-2/h6,8-12,16H,1,7H2,2-5H3. The first kappa shape index (κ1) is 13.9. The predicted octanol–water partition coefficient (Wildman–Crippen LogP) is 3.75. The van der Waals surface area contributed by atoms with Crippen molar-refractivity contribution >= 4 is 6.08 Å². The average Bonchev–Trinajstić information content (AvgIpc) is 2.28. The van der Waals surface area contributed by atoms with Gasteiger partial charge >= 0.3 is 0 Å². The first-order valence-electron chi connectivity index (χ1n) is 6.13. The maximum Gasteiger partial charge on any atom is 0.114 e. The first-order chi connectivity index (χ1) is 8.00. The Morgan fingerprint density at radius 2 is 2.06 bits per heavy atom. The van der Waals surface area contributed by atoms with Gasteiger partial charge in [-0.05, 0) is 38.8 Å². The van der Waals surface area contributed by atoms with Crippen LogP contribution < -0.4 is 5.32 Å². The molecule has 2 nitrogen and oxygen atoms in total. The highest BCUT2D eigenvalue weighted by Gasteiger charge is 2.21. The van der Waals surface area contributed by atoms with Gasteiger partial charge in [0.05, 0.1) is 0 Å². The van der Waals surface area contributed by atoms with Crippen LogP contribution in [0.5, 0.6) is 0 Å². The van der Waals surface area contributed by atoms with E-state index < -0.39 is 0 Å². The highest BCUT2D eigenvalue weighted by Crippen LogP contribution is 2.21. The molecule has 17 heavy (non-hydrogen) atoms. The van der Waals surface area contributed by atoms with Gasteiger partial charge < -0.3 is 4.74 Å². The number of benzene rings is 1. The van der Waals surface area contributed by atoms with Gasteiger partial charge in [0.25, 0.3) is 0 Å². The van der Waals surface area contributed by atoms with Crippen LogP contribution in [0.1, 0.15) is 44.9 Å². The fourth-order valence-corrected chi connectivity index (χ4v) is 2.09. The van der Waals surface area contributed by atoms with Gasteiger partial charge in [-0.3, -0.25) is 5.32 Å². The van der Waals surface area contributed by atoms with Gasteiger partial charge in [0.2, 0.25) is 0 Å². The van der Waals surface area contributed by atoms with E-state index in [0.717, 1.165) is 0 Å². The normalized spacial score (nSPS) is 13.4. The molecule has 0 fully saturated rings. The van der Waals surface area contributed by atoms with Gasteiger partial charge in [-0.25, -0.2) is 0 Å². The van der Waals surface area contributed by atoms with E-state index in [0.29, 0.717) is 6.61 Å². The minimum Gasteiger partial charge on any atom is -0.362 e. The molecule has 1 atom stereocenters. The zero-order valence-electron chi connectivity index (χ0n) is 11.3. The first-order valence-corrected chi connectivity index (χ1v) is 6.13. The fraction of sp³-hybridized carbons (Fsp3) is 0.467. The third-order valence-corrected chi connectivity index (χ3v) is 2.75. The van der Waals surface area contributed by atoms with Gasteiger partial charge in [0.1, 0.15) is 5.72 Å². The molecule has 0 amide bonds. The monoisotopic (exact) mass is 233 g/mol. The highest BCUT2D eigenvalue weighted by atomic mass is 16.5. The van der Waals surface area contributed by atoms with Crippen LogP contribution in [0.25, 0.3) is 6.08 Å². The summed E-state index contributed by atoms with van der Waals surface area (Å²) in [4.78, 5) is 0. The van der Waals surface area contributed by atoms with Crippen molar-refractivity contribution in [3.8, 4) is 0 Å². The van der Waals surface area contributed by atoms with Crippen molar-refractivity contribution in [2.75, 3.05) is 6.61 Å². The number of ether oxygens (including phenoxy) is 1. The average molecular weight is 233 g/mol. The summed E-state index contributed by atoms with van der Waals surface area (Å²) < 4.78 is 5.66. The van der Waals surface area contributed by atoms with Crippen molar-refractivity contribution in [1.29, 1.82) is 0 Å². The largest absolute Gasteiger partial charge is 0.362 e. The van der Waals surface area contributed by atoms with Crippen molar-refractivity contribution in [2.24, 2.45) is 0 Å². The lowest BCUT2D eigenvalue weighted by atomic mass is 10.0. The molecule has 0 aliphatic rings. The second-order valence-corrected chi connectivity index (χ2v) is 4.64. The van der Waals surface area contributed by atoms with E-state index in [1.807, 2.05) is 39.0 Å². The van der Waals surface area contributed by atoms with Gasteiger partial charge in [-0.2, -0.15) is 0 Å². The molecule has 1 aromatic rings. The van der Waals surface area contributed by atoms with E-state index in [-0.39, 0.29) is 11.8 Å². The molecule has 1 rings (SSSR count). The maximum absolute atomic E-state index is 5.66. The number of rotatable bonds is 6. The Bertz CT molecular complexity index is 371. The van der Waals surface area contributed by atoms with Crippen LogP contribution in [-0.2, 0) is 4.74 Å². The highest BCUT2D eigenvalue weighted by molar-refractivity contribution is 5.52. The molecule has 0 radical (unpaired) electrons. The van der Waals surface area contributed by atoms with Crippen molar-refractivity contribution in [2.45, 2.75) is 39.5 Å². The molecule has 0 aromatic heterocycles. The molecule has 0 aliphatic heterocycles. The maximum atomic E-state index is 5.66. The minimum absolute atomic E-state index is 0.228. The Labute approximate surface area is 105 Å². The molecule has 1 aromatic carbocycles. The second-order valence-electron chi connectivity index (χ2n) is 4.64. The van der Waals surface area contributed by atoms with Gasteiger partial charge in [0.15, 0.2) is 0 Å². The van der Waals surface area contributed by atoms with Crippen molar-refractivity contribution < 1.29 is 4.74 Å². The molecule has 94 valence electrons. The molecule has 0 bridgehead atoms. The van der Waals surface area contributed by atoms with E-state index in [4.69, 9.17) is 4.74 Å². The molecular weight excluding hydrogens is 210 g/mol. The Balaban J connectivity index is 2.82. The summed E-state index contributed by atoms with van der Waals surface area (Å²) in [6, 6.07) is 8.51. The van der Waals surface area contributed by atoms with Crippen molar-refractivity contribution in [3.63, 3.8) is 0 Å². The molecular formula is C15H23NO. The minimum atomic E-state index is -0.317. The summed E-state index contributed by atoms with van der Waals surface area (Å²) in [6.45, 7) is 12.8. The van der Waals surface area contributed by atoms with Gasteiger partial charge in [-0.1, -0.05) is 36.9 Å². The SMILES string of the molecule is C=Cc1ccccc1C(C)NC(C)(C)OCC. The topological polar surface area (TPSA) is 21.3 Å². The van der Waals surface area contributed by atoms with Crippen LogP contribution >= 0.6 is 0 Å². The zero-order valence-corrected chi connectivity index (χ0v) is 11.3. The Kier molecular flexibility index (Phi) is 4.91. The molecule has 0 saturated carbocycles. The van der Waals surface area contributed by atoms with Crippen LogP contribution in [0, 0.1) is 0 Å². The summed E-state index contributed by atoms with van der Waals surface area (Å²) in [6.07, 6.45) is 1.89. The summed E-state index contributed by atoms with van der Waals surface area (Å²) in [7, 11) is 0. The molecule has 1 N–H and O–H groups in total. The van der Waals surface area contributed by atoms with Crippen LogP contribution in [0.15, 0.2) is 30.8 Å². The third kappa shape index (κ3) is 3.99. The van der Waals surface area contributed by atoms with E-state index in [1.165, 1.54) is 11.1 Å². The smallest absolute Gasteiger partial charge is 0.114 e. The quantitative estimate of drug-likeness (QED) is 0.755. The number of hydrogen-bond acceptors (Lipinski definition) is 2. The Hall–Kier alpha value is -1.12. The summed E-state index contributed by atoms with van der Waals surface area (Å²) in [5.74, 6) is 0. The van der Waals surface area contributed by atoms with E-state index in [9.17, 15) is 0 Å². The number of nitrogens with one attached hydrogen (secondary N) is 1. The van der Waals surface area contributed by atoms with Crippen LogP contribution in [0.2, 0.25) is 0 Å².